The minimum atomic E-state index is -0.727. The van der Waals surface area contributed by atoms with E-state index >= 15 is 0 Å². The van der Waals surface area contributed by atoms with Crippen LogP contribution in [0.4, 0.5) is 5.69 Å². The van der Waals surface area contributed by atoms with Gasteiger partial charge in [0.1, 0.15) is 5.56 Å². The Morgan fingerprint density at radius 3 is 2.56 bits per heavy atom. The highest BCUT2D eigenvalue weighted by molar-refractivity contribution is 6.34. The molecule has 2 fully saturated rings. The van der Waals surface area contributed by atoms with Crippen LogP contribution in [0.5, 0.6) is 0 Å². The van der Waals surface area contributed by atoms with Crippen LogP contribution < -0.4 is 10.6 Å². The molecule has 0 radical (unpaired) electrons. The molecule has 2 aliphatic rings. The summed E-state index contributed by atoms with van der Waals surface area (Å²) in [6, 6.07) is 5.07. The number of carbonyl (C=O) groups is 2. The Morgan fingerprint density at radius 1 is 1.33 bits per heavy atom. The quantitative estimate of drug-likeness (QED) is 0.564. The van der Waals surface area contributed by atoms with Crippen LogP contribution in [0.15, 0.2) is 18.2 Å². The summed E-state index contributed by atoms with van der Waals surface area (Å²) in [4.78, 5) is 36.9. The summed E-state index contributed by atoms with van der Waals surface area (Å²) in [5.74, 6) is -0.950. The van der Waals surface area contributed by atoms with Gasteiger partial charge in [-0.05, 0) is 31.7 Å². The maximum absolute atomic E-state index is 12.4. The lowest BCUT2D eigenvalue weighted by molar-refractivity contribution is -0.385. The first kappa shape index (κ1) is 21.4. The molecule has 2 N–H and O–H groups in total. The van der Waals surface area contributed by atoms with Gasteiger partial charge in [-0.25, -0.2) is 0 Å². The molecular weight excluding hydrogens is 395 g/mol. The van der Waals surface area contributed by atoms with Gasteiger partial charge in [0.25, 0.3) is 11.6 Å². The van der Waals surface area contributed by atoms with Crippen molar-refractivity contribution in [3.8, 4) is 0 Å². The lowest BCUT2D eigenvalue weighted by Gasteiger charge is -2.35. The van der Waals surface area contributed by atoms with E-state index in [1.54, 1.807) is 11.9 Å². The summed E-state index contributed by atoms with van der Waals surface area (Å²) in [7, 11) is 1.74. The monoisotopic (exact) mass is 416 g/mol. The van der Waals surface area contributed by atoms with Gasteiger partial charge >= 0.3 is 0 Å². The van der Waals surface area contributed by atoms with Crippen LogP contribution in [-0.2, 0) is 4.79 Å². The number of nitro benzene ring substituents is 1. The number of carbonyl (C=O) groups excluding carboxylic acids is 2. The Balaban J connectivity index is 0.00000261. The number of nitro groups is 1. The molecular formula is C17H22Cl2N4O4. The topological polar surface area (TPSA) is 105 Å². The number of piperidine rings is 1. The fourth-order valence-electron chi connectivity index (χ4n) is 3.81. The third-order valence-corrected chi connectivity index (χ3v) is 5.52. The maximum atomic E-state index is 12.4. The SMILES string of the molecule is CN(C(=O)CNC(=O)c1c(Cl)cccc1[N+](=O)[O-])C1CC2CCC(C1)N2.Cl. The van der Waals surface area contributed by atoms with Crippen molar-refractivity contribution in [1.82, 2.24) is 15.5 Å². The minimum absolute atomic E-state index is 0. The van der Waals surface area contributed by atoms with Crippen LogP contribution in [0.2, 0.25) is 5.02 Å². The standard InChI is InChI=1S/C17H21ClN4O4.ClH/c1-21(12-7-10-5-6-11(8-12)20-10)15(23)9-19-17(24)16-13(18)3-2-4-14(16)22(25)26;/h2-4,10-12,20H,5-9H2,1H3,(H,19,24);1H. The van der Waals surface area contributed by atoms with Gasteiger partial charge in [0, 0.05) is 31.2 Å². The average molecular weight is 417 g/mol. The summed E-state index contributed by atoms with van der Waals surface area (Å²) in [6.07, 6.45) is 4.08. The maximum Gasteiger partial charge on any atom is 0.283 e. The first-order valence-corrected chi connectivity index (χ1v) is 8.97. The number of halogens is 2. The number of amides is 2. The number of nitrogens with zero attached hydrogens (tertiary/aromatic N) is 2. The summed E-state index contributed by atoms with van der Waals surface area (Å²) in [5, 5.41) is 17.0. The lowest BCUT2D eigenvalue weighted by Crippen LogP contribution is -2.50. The molecule has 10 heteroatoms. The molecule has 27 heavy (non-hydrogen) atoms. The average Bonchev–Trinajstić information content (AvgIpc) is 2.96. The van der Waals surface area contributed by atoms with E-state index < -0.39 is 10.8 Å². The Kier molecular flexibility index (Phi) is 7.02. The minimum Gasteiger partial charge on any atom is -0.343 e. The lowest BCUT2D eigenvalue weighted by atomic mass is 9.98. The Hall–Kier alpha value is -1.90. The number of fused-ring (bicyclic) bond motifs is 2. The van der Waals surface area contributed by atoms with Crippen molar-refractivity contribution in [2.24, 2.45) is 0 Å². The molecule has 1 aromatic carbocycles. The fraction of sp³-hybridized carbons (Fsp3) is 0.529. The van der Waals surface area contributed by atoms with Crippen LogP contribution >= 0.6 is 24.0 Å². The smallest absolute Gasteiger partial charge is 0.283 e. The molecule has 148 valence electrons. The third-order valence-electron chi connectivity index (χ3n) is 5.20. The molecule has 2 unspecified atom stereocenters. The van der Waals surface area contributed by atoms with Gasteiger partial charge in [0.2, 0.25) is 5.91 Å². The summed E-state index contributed by atoms with van der Waals surface area (Å²) in [5.41, 5.74) is -0.611. The van der Waals surface area contributed by atoms with Crippen molar-refractivity contribution in [1.29, 1.82) is 0 Å². The van der Waals surface area contributed by atoms with Crippen molar-refractivity contribution in [2.75, 3.05) is 13.6 Å². The molecule has 2 saturated heterocycles. The molecule has 8 nitrogen and oxygen atoms in total. The molecule has 2 atom stereocenters. The molecule has 2 aliphatic heterocycles. The van der Waals surface area contributed by atoms with Gasteiger partial charge in [-0.3, -0.25) is 19.7 Å². The van der Waals surface area contributed by atoms with Crippen molar-refractivity contribution in [3.05, 3.63) is 38.9 Å². The second-order valence-corrected chi connectivity index (χ2v) is 7.25. The number of likely N-dealkylation sites (N-methyl/N-ethyl adjacent to an activating group) is 1. The van der Waals surface area contributed by atoms with E-state index in [1.807, 2.05) is 0 Å². The molecule has 0 aromatic heterocycles. The van der Waals surface area contributed by atoms with Gasteiger partial charge in [0.05, 0.1) is 16.5 Å². The van der Waals surface area contributed by atoms with Crippen molar-refractivity contribution in [2.45, 2.75) is 43.8 Å². The van der Waals surface area contributed by atoms with Crippen LogP contribution in [-0.4, -0.2) is 53.4 Å². The number of nitrogens with one attached hydrogen (secondary N) is 2. The number of hydrogen-bond acceptors (Lipinski definition) is 5. The highest BCUT2D eigenvalue weighted by atomic mass is 35.5. The Bertz CT molecular complexity index is 734. The van der Waals surface area contributed by atoms with E-state index in [9.17, 15) is 19.7 Å². The highest BCUT2D eigenvalue weighted by Gasteiger charge is 2.36. The van der Waals surface area contributed by atoms with Crippen LogP contribution in [0.3, 0.4) is 0 Å². The Labute approximate surface area is 168 Å². The number of hydrogen-bond donors (Lipinski definition) is 2. The summed E-state index contributed by atoms with van der Waals surface area (Å²) < 4.78 is 0. The van der Waals surface area contributed by atoms with Gasteiger partial charge < -0.3 is 15.5 Å². The fourth-order valence-corrected chi connectivity index (χ4v) is 4.06. The zero-order chi connectivity index (χ0) is 18.8. The second kappa shape index (κ2) is 8.86. The van der Waals surface area contributed by atoms with Crippen molar-refractivity contribution >= 4 is 41.5 Å². The zero-order valence-electron chi connectivity index (χ0n) is 14.8. The molecule has 2 amide bonds. The van der Waals surface area contributed by atoms with Crippen molar-refractivity contribution in [3.63, 3.8) is 0 Å². The van der Waals surface area contributed by atoms with E-state index in [-0.39, 0.29) is 47.2 Å². The van der Waals surface area contributed by atoms with Gasteiger partial charge in [-0.1, -0.05) is 17.7 Å². The molecule has 2 heterocycles. The number of rotatable bonds is 5. The van der Waals surface area contributed by atoms with E-state index in [1.165, 1.54) is 18.2 Å². The van der Waals surface area contributed by atoms with E-state index in [0.29, 0.717) is 12.1 Å². The molecule has 3 rings (SSSR count). The Morgan fingerprint density at radius 2 is 1.96 bits per heavy atom. The number of benzene rings is 1. The molecule has 0 saturated carbocycles. The van der Waals surface area contributed by atoms with Crippen LogP contribution in [0.25, 0.3) is 0 Å². The zero-order valence-corrected chi connectivity index (χ0v) is 16.4. The molecule has 2 bridgehead atoms. The van der Waals surface area contributed by atoms with E-state index in [4.69, 9.17) is 11.6 Å². The first-order chi connectivity index (χ1) is 12.4. The molecule has 0 spiro atoms. The third kappa shape index (κ3) is 4.69. The highest BCUT2D eigenvalue weighted by Crippen LogP contribution is 2.29. The predicted molar refractivity (Wildman–Crippen MR) is 103 cm³/mol. The summed E-state index contributed by atoms with van der Waals surface area (Å²) in [6.45, 7) is -0.225. The van der Waals surface area contributed by atoms with Crippen molar-refractivity contribution < 1.29 is 14.5 Å². The normalized spacial score (nSPS) is 23.3. The summed E-state index contributed by atoms with van der Waals surface area (Å²) >= 11 is 5.94. The van der Waals surface area contributed by atoms with Gasteiger partial charge in [0.15, 0.2) is 0 Å². The van der Waals surface area contributed by atoms with Crippen LogP contribution in [0, 0.1) is 10.1 Å². The largest absolute Gasteiger partial charge is 0.343 e. The molecule has 0 aliphatic carbocycles. The first-order valence-electron chi connectivity index (χ1n) is 8.59. The molecule has 1 aromatic rings. The van der Waals surface area contributed by atoms with E-state index in [0.717, 1.165) is 25.7 Å². The van der Waals surface area contributed by atoms with Gasteiger partial charge in [-0.2, -0.15) is 0 Å². The second-order valence-electron chi connectivity index (χ2n) is 6.84. The van der Waals surface area contributed by atoms with Crippen LogP contribution in [0.1, 0.15) is 36.0 Å². The predicted octanol–water partition coefficient (Wildman–Crippen LogP) is 2.14. The van der Waals surface area contributed by atoms with Gasteiger partial charge in [-0.15, -0.1) is 12.4 Å². The van der Waals surface area contributed by atoms with E-state index in [2.05, 4.69) is 10.6 Å².